The number of hydrogen-bond acceptors (Lipinski definition) is 3. The Morgan fingerprint density at radius 2 is 1.18 bits per heavy atom. The van der Waals surface area contributed by atoms with E-state index in [4.69, 9.17) is 0 Å². The monoisotopic (exact) mass is 449 g/mol. The predicted octanol–water partition coefficient (Wildman–Crippen LogP) is 8.46. The Labute approximate surface area is 200 Å². The summed E-state index contributed by atoms with van der Waals surface area (Å²) in [5.74, 6) is 0.315. The summed E-state index contributed by atoms with van der Waals surface area (Å²) in [5, 5.41) is 20.0. The molecule has 0 spiro atoms. The Hall–Kier alpha value is -2.36. The third-order valence-corrected chi connectivity index (χ3v) is 6.61. The molecule has 3 aromatic rings. The molecule has 0 unspecified atom stereocenters. The van der Waals surface area contributed by atoms with E-state index < -0.39 is 0 Å². The third-order valence-electron chi connectivity index (χ3n) is 6.61. The van der Waals surface area contributed by atoms with E-state index in [0.29, 0.717) is 11.4 Å². The van der Waals surface area contributed by atoms with Crippen molar-refractivity contribution < 1.29 is 5.11 Å². The fourth-order valence-corrected chi connectivity index (χ4v) is 4.65. The maximum Gasteiger partial charge on any atom is 0.146 e. The summed E-state index contributed by atoms with van der Waals surface area (Å²) in [5.41, 5.74) is 4.49. The highest BCUT2D eigenvalue weighted by atomic mass is 16.3. The van der Waals surface area contributed by atoms with Gasteiger partial charge in [0.1, 0.15) is 22.5 Å². The fraction of sp³-hybridized carbons (Fsp3) is 0.586. The Balaban J connectivity index is 1.34. The molecule has 0 aliphatic rings. The van der Waals surface area contributed by atoms with Gasteiger partial charge in [-0.15, -0.1) is 15.0 Å². The maximum absolute atomic E-state index is 10.9. The number of phenolic OH excluding ortho intramolecular Hbond substituents is 1. The van der Waals surface area contributed by atoms with Gasteiger partial charge in [-0.25, -0.2) is 0 Å². The minimum atomic E-state index is 0.315. The smallest absolute Gasteiger partial charge is 0.146 e. The molecular formula is C29H43N3O. The number of benzene rings is 2. The molecule has 3 rings (SSSR count). The van der Waals surface area contributed by atoms with Crippen molar-refractivity contribution in [3.63, 3.8) is 0 Å². The molecule has 4 heteroatoms. The molecule has 1 heterocycles. The van der Waals surface area contributed by atoms with Crippen molar-refractivity contribution in [3.8, 4) is 11.4 Å². The lowest BCUT2D eigenvalue weighted by atomic mass is 10.0. The highest BCUT2D eigenvalue weighted by Crippen LogP contribution is 2.29. The normalized spacial score (nSPS) is 11.5. The largest absolute Gasteiger partial charge is 0.505 e. The van der Waals surface area contributed by atoms with E-state index in [9.17, 15) is 5.11 Å². The second-order valence-corrected chi connectivity index (χ2v) is 9.62. The van der Waals surface area contributed by atoms with Gasteiger partial charge in [0.25, 0.3) is 0 Å². The highest BCUT2D eigenvalue weighted by Gasteiger charge is 2.13. The van der Waals surface area contributed by atoms with Crippen molar-refractivity contribution in [2.75, 3.05) is 0 Å². The summed E-state index contributed by atoms with van der Waals surface area (Å²) in [6, 6.07) is 11.9. The molecule has 0 radical (unpaired) electrons. The Kier molecular flexibility index (Phi) is 10.7. The first-order chi connectivity index (χ1) is 16.2. The molecule has 0 atom stereocenters. The molecule has 0 bridgehead atoms. The number of aryl methyl sites for hydroxylation is 2. The summed E-state index contributed by atoms with van der Waals surface area (Å²) in [7, 11) is 0. The van der Waals surface area contributed by atoms with Crippen LogP contribution in [0.2, 0.25) is 0 Å². The molecule has 0 amide bonds. The zero-order chi connectivity index (χ0) is 23.3. The topological polar surface area (TPSA) is 50.9 Å². The first kappa shape index (κ1) is 25.3. The van der Waals surface area contributed by atoms with E-state index >= 15 is 0 Å². The van der Waals surface area contributed by atoms with Gasteiger partial charge in [0.15, 0.2) is 0 Å². The summed E-state index contributed by atoms with van der Waals surface area (Å²) in [6.07, 6.45) is 19.9. The lowest BCUT2D eigenvalue weighted by Gasteiger charge is -2.11. The van der Waals surface area contributed by atoms with Crippen molar-refractivity contribution in [3.05, 3.63) is 47.5 Å². The SMILES string of the molecule is CCCCCCCCCCCCCCCCc1cc(C)cc(-n2nc3ccccc3n2)c1O. The lowest BCUT2D eigenvalue weighted by molar-refractivity contribution is 0.458. The summed E-state index contributed by atoms with van der Waals surface area (Å²) < 4.78 is 0. The number of rotatable bonds is 16. The minimum Gasteiger partial charge on any atom is -0.505 e. The molecule has 1 N–H and O–H groups in total. The molecule has 0 saturated heterocycles. The molecule has 0 saturated carbocycles. The van der Waals surface area contributed by atoms with Crippen LogP contribution in [0, 0.1) is 6.92 Å². The maximum atomic E-state index is 10.9. The average Bonchev–Trinajstić information content (AvgIpc) is 3.25. The van der Waals surface area contributed by atoms with Crippen LogP contribution in [0.3, 0.4) is 0 Å². The highest BCUT2D eigenvalue weighted by molar-refractivity contribution is 5.73. The van der Waals surface area contributed by atoms with E-state index in [0.717, 1.165) is 35.0 Å². The minimum absolute atomic E-state index is 0.315. The molecule has 33 heavy (non-hydrogen) atoms. The van der Waals surface area contributed by atoms with E-state index in [1.165, 1.54) is 83.5 Å². The summed E-state index contributed by atoms with van der Waals surface area (Å²) in [4.78, 5) is 1.57. The fourth-order valence-electron chi connectivity index (χ4n) is 4.65. The van der Waals surface area contributed by atoms with E-state index in [1.807, 2.05) is 30.3 Å². The van der Waals surface area contributed by atoms with Gasteiger partial charge in [-0.05, 0) is 49.1 Å². The van der Waals surface area contributed by atoms with Gasteiger partial charge in [0.05, 0.1) is 0 Å². The van der Waals surface area contributed by atoms with E-state index in [-0.39, 0.29) is 0 Å². The van der Waals surface area contributed by atoms with E-state index in [1.54, 1.807) is 4.80 Å². The van der Waals surface area contributed by atoms with Gasteiger partial charge in [-0.3, -0.25) is 0 Å². The van der Waals surface area contributed by atoms with Crippen molar-refractivity contribution in [2.45, 2.75) is 110 Å². The molecule has 1 aromatic heterocycles. The number of aromatic nitrogens is 3. The second-order valence-electron chi connectivity index (χ2n) is 9.62. The molecular weight excluding hydrogens is 406 g/mol. The van der Waals surface area contributed by atoms with Gasteiger partial charge < -0.3 is 5.11 Å². The molecule has 0 aliphatic heterocycles. The van der Waals surface area contributed by atoms with Gasteiger partial charge in [0.2, 0.25) is 0 Å². The summed E-state index contributed by atoms with van der Waals surface area (Å²) in [6.45, 7) is 4.35. The number of unbranched alkanes of at least 4 members (excludes halogenated alkanes) is 13. The van der Waals surface area contributed by atoms with Crippen LogP contribution >= 0.6 is 0 Å². The average molecular weight is 450 g/mol. The number of phenols is 1. The number of nitrogens with zero attached hydrogens (tertiary/aromatic N) is 3. The second kappa shape index (κ2) is 14.0. The Morgan fingerprint density at radius 1 is 0.697 bits per heavy atom. The standard InChI is InChI=1S/C29H43N3O/c1-3-4-5-6-7-8-9-10-11-12-13-14-15-16-19-25-22-24(2)23-28(29(25)33)32-30-26-20-17-18-21-27(26)31-32/h17-18,20-23,33H,3-16,19H2,1-2H3. The third kappa shape index (κ3) is 8.17. The van der Waals surface area contributed by atoms with Crippen LogP contribution in [0.1, 0.15) is 108 Å². The van der Waals surface area contributed by atoms with E-state index in [2.05, 4.69) is 30.1 Å². The van der Waals surface area contributed by atoms with Crippen molar-refractivity contribution in [1.82, 2.24) is 15.0 Å². The number of aromatic hydroxyl groups is 1. The summed E-state index contributed by atoms with van der Waals surface area (Å²) >= 11 is 0. The Morgan fingerprint density at radius 3 is 1.70 bits per heavy atom. The number of hydrogen-bond donors (Lipinski definition) is 1. The molecule has 0 aliphatic carbocycles. The van der Waals surface area contributed by atoms with Gasteiger partial charge in [0, 0.05) is 0 Å². The quantitative estimate of drug-likeness (QED) is 0.223. The molecule has 2 aromatic carbocycles. The first-order valence-corrected chi connectivity index (χ1v) is 13.3. The van der Waals surface area contributed by atoms with Crippen LogP contribution in [-0.4, -0.2) is 20.1 Å². The molecule has 4 nitrogen and oxygen atoms in total. The van der Waals surface area contributed by atoms with Gasteiger partial charge in [-0.2, -0.15) is 0 Å². The van der Waals surface area contributed by atoms with Crippen LogP contribution in [0.15, 0.2) is 36.4 Å². The zero-order valence-electron chi connectivity index (χ0n) is 20.9. The molecule has 0 fully saturated rings. The van der Waals surface area contributed by atoms with Gasteiger partial charge >= 0.3 is 0 Å². The van der Waals surface area contributed by atoms with Crippen LogP contribution < -0.4 is 0 Å². The van der Waals surface area contributed by atoms with Crippen LogP contribution in [0.25, 0.3) is 16.7 Å². The first-order valence-electron chi connectivity index (χ1n) is 13.3. The van der Waals surface area contributed by atoms with Crippen molar-refractivity contribution in [2.24, 2.45) is 0 Å². The lowest BCUT2D eigenvalue weighted by Crippen LogP contribution is -2.02. The van der Waals surface area contributed by atoms with Crippen LogP contribution in [0.5, 0.6) is 5.75 Å². The molecule has 180 valence electrons. The van der Waals surface area contributed by atoms with Gasteiger partial charge in [-0.1, -0.05) is 109 Å². The number of fused-ring (bicyclic) bond motifs is 1. The van der Waals surface area contributed by atoms with Crippen LogP contribution in [0.4, 0.5) is 0 Å². The zero-order valence-corrected chi connectivity index (χ0v) is 20.9. The Bertz CT molecular complexity index is 930. The van der Waals surface area contributed by atoms with Crippen molar-refractivity contribution >= 4 is 11.0 Å². The van der Waals surface area contributed by atoms with Crippen molar-refractivity contribution in [1.29, 1.82) is 0 Å². The van der Waals surface area contributed by atoms with Crippen LogP contribution in [-0.2, 0) is 6.42 Å². The predicted molar refractivity (Wildman–Crippen MR) is 139 cm³/mol.